The molecule has 2 aromatic carbocycles. The van der Waals surface area contributed by atoms with Gasteiger partial charge in [-0.25, -0.2) is 15.0 Å². The van der Waals surface area contributed by atoms with Crippen molar-refractivity contribution < 1.29 is 18.9 Å². The number of nitrogens with one attached hydrogen (secondary N) is 1. The molecule has 2 aromatic heterocycles. The number of rotatable bonds is 9. The van der Waals surface area contributed by atoms with Crippen LogP contribution in [-0.4, -0.2) is 83.1 Å². The van der Waals surface area contributed by atoms with Gasteiger partial charge in [0, 0.05) is 37.5 Å². The Balaban J connectivity index is 1.36. The van der Waals surface area contributed by atoms with Gasteiger partial charge in [-0.15, -0.1) is 0 Å². The van der Waals surface area contributed by atoms with E-state index >= 15 is 0 Å². The summed E-state index contributed by atoms with van der Waals surface area (Å²) in [6.45, 7) is 4.57. The van der Waals surface area contributed by atoms with Crippen molar-refractivity contribution in [3.63, 3.8) is 0 Å². The third-order valence-corrected chi connectivity index (χ3v) is 6.01. The molecule has 4 aromatic rings. The second-order valence-corrected chi connectivity index (χ2v) is 8.29. The zero-order chi connectivity index (χ0) is 24.9. The van der Waals surface area contributed by atoms with Crippen LogP contribution in [0.15, 0.2) is 42.7 Å². The van der Waals surface area contributed by atoms with Crippen molar-refractivity contribution in [2.24, 2.45) is 0 Å². The maximum absolute atomic E-state index is 6.38. The number of methoxy groups -OCH3 is 2. The van der Waals surface area contributed by atoms with Crippen molar-refractivity contribution in [3.05, 3.63) is 48.0 Å². The van der Waals surface area contributed by atoms with Gasteiger partial charge in [0.2, 0.25) is 22.9 Å². The number of nitrogens with zero attached hydrogens (tertiary/aromatic N) is 6. The molecule has 1 N–H and O–H groups in total. The summed E-state index contributed by atoms with van der Waals surface area (Å²) >= 11 is 6.38. The van der Waals surface area contributed by atoms with Gasteiger partial charge in [0.15, 0.2) is 11.5 Å². The average molecular weight is 512 g/mol. The summed E-state index contributed by atoms with van der Waals surface area (Å²) < 4.78 is 24.3. The monoisotopic (exact) mass is 511 g/mol. The number of benzene rings is 2. The fraction of sp³-hybridized carbons (Fsp3) is 0.333. The molecule has 188 valence electrons. The lowest BCUT2D eigenvalue weighted by Crippen LogP contribution is -2.38. The maximum Gasteiger partial charge on any atom is 0.241 e. The van der Waals surface area contributed by atoms with E-state index < -0.39 is 0 Å². The molecule has 1 aliphatic heterocycles. The Labute approximate surface area is 213 Å². The topological polar surface area (TPSA) is 109 Å². The van der Waals surface area contributed by atoms with Gasteiger partial charge in [-0.2, -0.15) is 4.98 Å². The third kappa shape index (κ3) is 5.13. The Kier molecular flexibility index (Phi) is 7.31. The minimum Gasteiger partial charge on any atom is -0.493 e. The second-order valence-electron chi connectivity index (χ2n) is 7.95. The summed E-state index contributed by atoms with van der Waals surface area (Å²) in [7, 11) is 3.17. The van der Waals surface area contributed by atoms with Crippen molar-refractivity contribution >= 4 is 34.3 Å². The summed E-state index contributed by atoms with van der Waals surface area (Å²) in [6.07, 6.45) is 1.41. The van der Waals surface area contributed by atoms with E-state index in [1.165, 1.54) is 6.33 Å². The van der Waals surface area contributed by atoms with Crippen LogP contribution < -0.4 is 19.5 Å². The van der Waals surface area contributed by atoms with Gasteiger partial charge in [-0.3, -0.25) is 9.47 Å². The minimum absolute atomic E-state index is 0.260. The Morgan fingerprint density at radius 3 is 2.53 bits per heavy atom. The van der Waals surface area contributed by atoms with Crippen LogP contribution in [0.5, 0.6) is 17.2 Å². The van der Waals surface area contributed by atoms with E-state index in [-0.39, 0.29) is 5.28 Å². The largest absolute Gasteiger partial charge is 0.493 e. The summed E-state index contributed by atoms with van der Waals surface area (Å²) in [5, 5.41) is 3.44. The highest BCUT2D eigenvalue weighted by atomic mass is 35.5. The highest BCUT2D eigenvalue weighted by Gasteiger charge is 2.18. The van der Waals surface area contributed by atoms with Crippen LogP contribution in [0.1, 0.15) is 0 Å². The average Bonchev–Trinajstić information content (AvgIpc) is 3.25. The molecule has 5 rings (SSSR count). The van der Waals surface area contributed by atoms with Gasteiger partial charge >= 0.3 is 0 Å². The summed E-state index contributed by atoms with van der Waals surface area (Å²) in [5.74, 6) is 2.24. The molecular weight excluding hydrogens is 486 g/mol. The van der Waals surface area contributed by atoms with E-state index in [0.29, 0.717) is 41.4 Å². The van der Waals surface area contributed by atoms with Crippen LogP contribution in [0.25, 0.3) is 17.0 Å². The summed E-state index contributed by atoms with van der Waals surface area (Å²) in [6, 6.07) is 11.2. The highest BCUT2D eigenvalue weighted by Crippen LogP contribution is 2.40. The second kappa shape index (κ2) is 10.9. The van der Waals surface area contributed by atoms with Crippen molar-refractivity contribution in [3.8, 4) is 23.2 Å². The SMILES string of the molecule is COc1cc(Nc2ncnc(-n3c(Cl)nc4ccccc43)n2)cc(OC)c1OCCN1CCOCC1. The fourth-order valence-corrected chi connectivity index (χ4v) is 4.23. The molecule has 0 saturated carbocycles. The highest BCUT2D eigenvalue weighted by molar-refractivity contribution is 6.29. The Hall–Kier alpha value is -3.67. The third-order valence-electron chi connectivity index (χ3n) is 5.75. The number of halogens is 1. The van der Waals surface area contributed by atoms with Gasteiger partial charge < -0.3 is 24.3 Å². The van der Waals surface area contributed by atoms with Gasteiger partial charge in [-0.1, -0.05) is 12.1 Å². The van der Waals surface area contributed by atoms with E-state index in [9.17, 15) is 0 Å². The molecule has 0 aliphatic carbocycles. The zero-order valence-electron chi connectivity index (χ0n) is 20.0. The smallest absolute Gasteiger partial charge is 0.241 e. The number of imidazole rings is 1. The fourth-order valence-electron chi connectivity index (χ4n) is 3.97. The lowest BCUT2D eigenvalue weighted by Gasteiger charge is -2.26. The molecule has 0 amide bonds. The Bertz CT molecular complexity index is 1320. The number of hydrogen-bond donors (Lipinski definition) is 1. The van der Waals surface area contributed by atoms with E-state index in [1.54, 1.807) is 30.9 Å². The van der Waals surface area contributed by atoms with E-state index in [0.717, 1.165) is 43.9 Å². The molecule has 0 radical (unpaired) electrons. The lowest BCUT2D eigenvalue weighted by molar-refractivity contribution is 0.0319. The van der Waals surface area contributed by atoms with Crippen molar-refractivity contribution in [1.29, 1.82) is 0 Å². The van der Waals surface area contributed by atoms with Crippen LogP contribution in [0.3, 0.4) is 0 Å². The van der Waals surface area contributed by atoms with Crippen LogP contribution in [-0.2, 0) is 4.74 Å². The number of hydrogen-bond acceptors (Lipinski definition) is 10. The van der Waals surface area contributed by atoms with E-state index in [4.69, 9.17) is 30.5 Å². The molecule has 0 bridgehead atoms. The molecule has 12 heteroatoms. The first-order valence-electron chi connectivity index (χ1n) is 11.4. The number of ether oxygens (including phenoxy) is 4. The van der Waals surface area contributed by atoms with Gasteiger partial charge in [0.05, 0.1) is 38.5 Å². The van der Waals surface area contributed by atoms with E-state index in [2.05, 4.69) is 30.2 Å². The standard InChI is InChI=1S/C24H26ClN7O4/c1-33-19-13-16(14-20(34-2)21(19)36-12-9-31-7-10-35-11-8-31)28-23-26-15-27-24(30-23)32-18-6-4-3-5-17(18)29-22(32)25/h3-6,13-15H,7-12H2,1-2H3,(H,26,27,28,30). The number of morpholine rings is 1. The van der Waals surface area contributed by atoms with Gasteiger partial charge in [-0.05, 0) is 23.7 Å². The molecular formula is C24H26ClN7O4. The summed E-state index contributed by atoms with van der Waals surface area (Å²) in [4.78, 5) is 19.7. The van der Waals surface area contributed by atoms with Gasteiger partial charge in [0.25, 0.3) is 0 Å². The normalized spacial score (nSPS) is 14.1. The first kappa shape index (κ1) is 24.0. The minimum atomic E-state index is 0.260. The lowest BCUT2D eigenvalue weighted by atomic mass is 10.2. The number of aromatic nitrogens is 5. The predicted octanol–water partition coefficient (Wildman–Crippen LogP) is 3.34. The van der Waals surface area contributed by atoms with Crippen LogP contribution in [0, 0.1) is 0 Å². The molecule has 11 nitrogen and oxygen atoms in total. The van der Waals surface area contributed by atoms with Crippen molar-refractivity contribution in [1.82, 2.24) is 29.4 Å². The maximum atomic E-state index is 6.38. The number of anilines is 2. The quantitative estimate of drug-likeness (QED) is 0.359. The van der Waals surface area contributed by atoms with Gasteiger partial charge in [0.1, 0.15) is 12.9 Å². The first-order chi connectivity index (χ1) is 17.7. The molecule has 3 heterocycles. The van der Waals surface area contributed by atoms with Crippen LogP contribution in [0.4, 0.5) is 11.6 Å². The van der Waals surface area contributed by atoms with Crippen LogP contribution in [0.2, 0.25) is 5.28 Å². The van der Waals surface area contributed by atoms with Crippen molar-refractivity contribution in [2.45, 2.75) is 0 Å². The molecule has 0 spiro atoms. The first-order valence-corrected chi connectivity index (χ1v) is 11.8. The van der Waals surface area contributed by atoms with Crippen LogP contribution >= 0.6 is 11.6 Å². The van der Waals surface area contributed by atoms with E-state index in [1.807, 2.05) is 24.3 Å². The predicted molar refractivity (Wildman–Crippen MR) is 135 cm³/mol. The summed E-state index contributed by atoms with van der Waals surface area (Å²) in [5.41, 5.74) is 2.20. The van der Waals surface area contributed by atoms with Crippen molar-refractivity contribution in [2.75, 3.05) is 59.0 Å². The molecule has 0 atom stereocenters. The Morgan fingerprint density at radius 1 is 1.03 bits per heavy atom. The number of para-hydroxylation sites is 2. The molecule has 1 fully saturated rings. The molecule has 1 aliphatic rings. The number of fused-ring (bicyclic) bond motifs is 1. The Morgan fingerprint density at radius 2 is 1.78 bits per heavy atom. The molecule has 1 saturated heterocycles. The zero-order valence-corrected chi connectivity index (χ0v) is 20.7. The molecule has 0 unspecified atom stereocenters. The molecule has 36 heavy (non-hydrogen) atoms.